The van der Waals surface area contributed by atoms with Crippen LogP contribution in [0.15, 0.2) is 42.6 Å². The molecule has 148 valence electrons. The molecule has 3 rings (SSSR count). The van der Waals surface area contributed by atoms with Crippen LogP contribution in [-0.4, -0.2) is 76.4 Å². The minimum atomic E-state index is -0.941. The van der Waals surface area contributed by atoms with Crippen molar-refractivity contribution in [3.05, 3.63) is 53.9 Å². The summed E-state index contributed by atoms with van der Waals surface area (Å²) in [5, 5.41) is 6.77. The van der Waals surface area contributed by atoms with Gasteiger partial charge in [0.2, 0.25) is 5.78 Å². The van der Waals surface area contributed by atoms with E-state index in [1.807, 2.05) is 37.4 Å². The van der Waals surface area contributed by atoms with Crippen molar-refractivity contribution in [2.75, 3.05) is 33.2 Å². The number of amides is 2. The Bertz CT molecular complexity index is 841. The Morgan fingerprint density at radius 2 is 1.71 bits per heavy atom. The van der Waals surface area contributed by atoms with Crippen molar-refractivity contribution in [3.63, 3.8) is 0 Å². The lowest BCUT2D eigenvalue weighted by molar-refractivity contribution is -0.146. The average molecular weight is 383 g/mol. The van der Waals surface area contributed by atoms with Gasteiger partial charge in [0.25, 0.3) is 11.8 Å². The van der Waals surface area contributed by atoms with Gasteiger partial charge in [-0.15, -0.1) is 0 Å². The maximum absolute atomic E-state index is 13.0. The predicted molar refractivity (Wildman–Crippen MR) is 104 cm³/mol. The van der Waals surface area contributed by atoms with E-state index in [4.69, 9.17) is 0 Å². The topological polar surface area (TPSA) is 87.5 Å². The van der Waals surface area contributed by atoms with Gasteiger partial charge in [-0.2, -0.15) is 5.10 Å². The highest BCUT2D eigenvalue weighted by molar-refractivity contribution is 6.38. The van der Waals surface area contributed by atoms with Gasteiger partial charge in [0.1, 0.15) is 11.7 Å². The number of carbonyl (C=O) groups excluding carboxylic acids is 3. The highest BCUT2D eigenvalue weighted by Gasteiger charge is 2.32. The number of likely N-dealkylation sites (N-methyl/N-ethyl adjacent to an activating group) is 1. The van der Waals surface area contributed by atoms with E-state index in [-0.39, 0.29) is 12.1 Å². The van der Waals surface area contributed by atoms with Crippen LogP contribution < -0.4 is 5.32 Å². The molecule has 8 heteroatoms. The van der Waals surface area contributed by atoms with Crippen molar-refractivity contribution in [2.24, 2.45) is 7.05 Å². The highest BCUT2D eigenvalue weighted by atomic mass is 16.2. The molecular weight excluding hydrogens is 358 g/mol. The molecule has 1 aromatic heterocycles. The lowest BCUT2D eigenvalue weighted by Crippen LogP contribution is -2.54. The summed E-state index contributed by atoms with van der Waals surface area (Å²) in [6.07, 6.45) is 1.90. The van der Waals surface area contributed by atoms with Crippen molar-refractivity contribution in [1.29, 1.82) is 0 Å². The predicted octanol–water partition coefficient (Wildman–Crippen LogP) is 0.104. The molecule has 28 heavy (non-hydrogen) atoms. The smallest absolute Gasteiger partial charge is 0.292 e. The van der Waals surface area contributed by atoms with Gasteiger partial charge in [-0.1, -0.05) is 30.3 Å². The number of nitrogens with zero attached hydrogens (tertiary/aromatic N) is 4. The van der Waals surface area contributed by atoms with E-state index in [9.17, 15) is 14.4 Å². The molecule has 2 amide bonds. The van der Waals surface area contributed by atoms with E-state index in [1.165, 1.54) is 4.68 Å². The number of ketones is 1. The molecule has 1 aliphatic heterocycles. The third-order valence-electron chi connectivity index (χ3n) is 4.85. The van der Waals surface area contributed by atoms with Crippen LogP contribution in [0.4, 0.5) is 0 Å². The van der Waals surface area contributed by atoms with Gasteiger partial charge in [0.05, 0.1) is 0 Å². The van der Waals surface area contributed by atoms with Crippen molar-refractivity contribution in [2.45, 2.75) is 12.5 Å². The molecule has 8 nitrogen and oxygen atoms in total. The normalized spacial score (nSPS) is 15.9. The number of benzene rings is 1. The maximum atomic E-state index is 13.0. The van der Waals surface area contributed by atoms with Crippen LogP contribution >= 0.6 is 0 Å². The van der Waals surface area contributed by atoms with Crippen LogP contribution in [0.25, 0.3) is 0 Å². The lowest BCUT2D eigenvalue weighted by Gasteiger charge is -2.32. The Morgan fingerprint density at radius 1 is 1.04 bits per heavy atom. The molecule has 1 aromatic carbocycles. The molecule has 2 heterocycles. The fraction of sp³-hybridized carbons (Fsp3) is 0.400. The Balaban J connectivity index is 1.75. The van der Waals surface area contributed by atoms with Gasteiger partial charge in [0, 0.05) is 45.8 Å². The minimum absolute atomic E-state index is 0.209. The van der Waals surface area contributed by atoms with Crippen LogP contribution in [0.1, 0.15) is 16.1 Å². The third-order valence-corrected chi connectivity index (χ3v) is 4.85. The molecule has 1 N–H and O–H groups in total. The quantitative estimate of drug-likeness (QED) is 0.715. The Labute approximate surface area is 164 Å². The summed E-state index contributed by atoms with van der Waals surface area (Å²) in [4.78, 5) is 41.9. The molecular formula is C20H25N5O3. The number of aromatic nitrogens is 2. The maximum Gasteiger partial charge on any atom is 0.292 e. The van der Waals surface area contributed by atoms with Crippen molar-refractivity contribution in [3.8, 4) is 0 Å². The lowest BCUT2D eigenvalue weighted by atomic mass is 10.0. The number of piperazine rings is 1. The fourth-order valence-electron chi connectivity index (χ4n) is 3.14. The molecule has 0 spiro atoms. The van der Waals surface area contributed by atoms with Crippen molar-refractivity contribution < 1.29 is 14.4 Å². The molecule has 1 saturated heterocycles. The number of carbonyl (C=O) groups is 3. The van der Waals surface area contributed by atoms with E-state index in [0.717, 1.165) is 18.7 Å². The summed E-state index contributed by atoms with van der Waals surface area (Å²) in [7, 11) is 3.69. The SMILES string of the molecule is CN1CCN(C(=O)C(=O)C(Cc2ccccc2)NC(=O)c2ccn(C)n2)CC1. The second-order valence-corrected chi connectivity index (χ2v) is 7.05. The standard InChI is InChI=1S/C20H25N5O3/c1-23-10-12-25(13-11-23)20(28)18(26)17(14-15-6-4-3-5-7-15)21-19(27)16-8-9-24(2)22-16/h3-9,17H,10-14H2,1-2H3,(H,21,27). The average Bonchev–Trinajstić information content (AvgIpc) is 3.14. The zero-order valence-corrected chi connectivity index (χ0v) is 16.2. The molecule has 1 unspecified atom stereocenters. The first kappa shape index (κ1) is 19.8. The summed E-state index contributed by atoms with van der Waals surface area (Å²) in [6, 6.07) is 9.97. The van der Waals surface area contributed by atoms with Gasteiger partial charge in [-0.25, -0.2) is 0 Å². The van der Waals surface area contributed by atoms with Gasteiger partial charge in [-0.05, 0) is 18.7 Å². The van der Waals surface area contributed by atoms with Crippen LogP contribution in [0.2, 0.25) is 0 Å². The zero-order valence-electron chi connectivity index (χ0n) is 16.2. The first-order valence-electron chi connectivity index (χ1n) is 9.30. The largest absolute Gasteiger partial charge is 0.340 e. The molecule has 0 bridgehead atoms. The molecule has 1 aliphatic rings. The van der Waals surface area contributed by atoms with Gasteiger partial charge >= 0.3 is 0 Å². The van der Waals surface area contributed by atoms with E-state index >= 15 is 0 Å². The third kappa shape index (κ3) is 4.83. The van der Waals surface area contributed by atoms with E-state index < -0.39 is 23.6 Å². The summed E-state index contributed by atoms with van der Waals surface area (Å²) in [5.74, 6) is -1.62. The summed E-state index contributed by atoms with van der Waals surface area (Å²) >= 11 is 0. The monoisotopic (exact) mass is 383 g/mol. The van der Waals surface area contributed by atoms with Gasteiger partial charge < -0.3 is 15.1 Å². The van der Waals surface area contributed by atoms with E-state index in [0.29, 0.717) is 13.1 Å². The number of rotatable bonds is 6. The first-order chi connectivity index (χ1) is 13.4. The molecule has 0 aliphatic carbocycles. The van der Waals surface area contributed by atoms with Gasteiger partial charge in [0.15, 0.2) is 0 Å². The van der Waals surface area contributed by atoms with Crippen LogP contribution in [0.5, 0.6) is 0 Å². The number of aryl methyl sites for hydroxylation is 1. The molecule has 1 atom stereocenters. The molecule has 0 saturated carbocycles. The molecule has 1 fully saturated rings. The van der Waals surface area contributed by atoms with E-state index in [2.05, 4.69) is 15.3 Å². The number of nitrogens with one attached hydrogen (secondary N) is 1. The van der Waals surface area contributed by atoms with Gasteiger partial charge in [-0.3, -0.25) is 19.1 Å². The van der Waals surface area contributed by atoms with Crippen LogP contribution in [-0.2, 0) is 23.1 Å². The minimum Gasteiger partial charge on any atom is -0.340 e. The summed E-state index contributed by atoms with van der Waals surface area (Å²) in [5.41, 5.74) is 1.08. The summed E-state index contributed by atoms with van der Waals surface area (Å²) < 4.78 is 1.51. The number of hydrogen-bond acceptors (Lipinski definition) is 5. The zero-order chi connectivity index (χ0) is 20.1. The van der Waals surface area contributed by atoms with Crippen molar-refractivity contribution >= 4 is 17.6 Å². The Hall–Kier alpha value is -3.00. The fourth-order valence-corrected chi connectivity index (χ4v) is 3.14. The number of hydrogen-bond donors (Lipinski definition) is 1. The van der Waals surface area contributed by atoms with E-state index in [1.54, 1.807) is 24.2 Å². The van der Waals surface area contributed by atoms with Crippen LogP contribution in [0.3, 0.4) is 0 Å². The Kier molecular flexibility index (Phi) is 6.20. The molecule has 0 radical (unpaired) electrons. The Morgan fingerprint density at radius 3 is 2.32 bits per heavy atom. The second-order valence-electron chi connectivity index (χ2n) is 7.05. The summed E-state index contributed by atoms with van der Waals surface area (Å²) in [6.45, 7) is 2.46. The van der Waals surface area contributed by atoms with Crippen molar-refractivity contribution in [1.82, 2.24) is 24.9 Å². The van der Waals surface area contributed by atoms with Crippen LogP contribution in [0, 0.1) is 0 Å². The first-order valence-corrected chi connectivity index (χ1v) is 9.30. The molecule has 2 aromatic rings. The highest BCUT2D eigenvalue weighted by Crippen LogP contribution is 2.09. The number of Topliss-reactive ketones (excluding diaryl/α,β-unsaturated/α-hetero) is 1. The second kappa shape index (κ2) is 8.79.